The average molecular weight is 811 g/mol. The van der Waals surface area contributed by atoms with Crippen LogP contribution in [0.1, 0.15) is 104 Å². The number of nitrogens with one attached hydrogen (secondary N) is 2. The van der Waals surface area contributed by atoms with Gasteiger partial charge in [-0.2, -0.15) is 5.26 Å². The third-order valence-electron chi connectivity index (χ3n) is 12.7. The number of piperazine rings is 1. The molecule has 13 heteroatoms. The molecule has 0 radical (unpaired) electrons. The maximum Gasteiger partial charge on any atom is 0.255 e. The van der Waals surface area contributed by atoms with Gasteiger partial charge < -0.3 is 19.9 Å². The number of imide groups is 1. The van der Waals surface area contributed by atoms with Gasteiger partial charge in [-0.15, -0.1) is 0 Å². The Kier molecular flexibility index (Phi) is 11.9. The van der Waals surface area contributed by atoms with Crippen LogP contribution in [0.5, 0.6) is 5.75 Å². The number of anilines is 1. The van der Waals surface area contributed by atoms with Gasteiger partial charge >= 0.3 is 0 Å². The summed E-state index contributed by atoms with van der Waals surface area (Å²) in [5.74, 6) is -1.11. The largest absolute Gasteiger partial charge is 0.489 e. The molecule has 1 aliphatic carbocycles. The Hall–Kier alpha value is -4.99. The van der Waals surface area contributed by atoms with E-state index in [0.717, 1.165) is 57.3 Å². The number of hydrogen-bond donors (Lipinski definition) is 2. The summed E-state index contributed by atoms with van der Waals surface area (Å²) in [7, 11) is 0. The van der Waals surface area contributed by atoms with Crippen LogP contribution in [0.15, 0.2) is 54.6 Å². The summed E-state index contributed by atoms with van der Waals surface area (Å²) >= 11 is 6.26. The first-order valence-electron chi connectivity index (χ1n) is 20.4. The molecule has 1 saturated carbocycles. The van der Waals surface area contributed by atoms with Crippen molar-refractivity contribution < 1.29 is 28.3 Å². The molecule has 0 spiro atoms. The molecule has 58 heavy (non-hydrogen) atoms. The number of nitrogens with zero attached hydrogens (tertiary/aromatic N) is 4. The maximum atomic E-state index is 15.4. The van der Waals surface area contributed by atoms with Crippen molar-refractivity contribution in [2.45, 2.75) is 97.4 Å². The quantitative estimate of drug-likeness (QED) is 0.145. The molecule has 4 aliphatic rings. The predicted octanol–water partition coefficient (Wildman–Crippen LogP) is 6.65. The van der Waals surface area contributed by atoms with Crippen molar-refractivity contribution >= 4 is 40.9 Å². The SMILES string of the molecule is CC1(C)C(NC(=O)c2ccccc2CCCCCCN2CCN(c3cc4c(cc3F)C(=O)N(C3CCC(=O)NC3=O)C4)CC2)C(C)(C)C1Oc1ccc(C#N)c(Cl)c1. The van der Waals surface area contributed by atoms with Crippen molar-refractivity contribution in [1.29, 1.82) is 5.26 Å². The molecule has 3 fully saturated rings. The summed E-state index contributed by atoms with van der Waals surface area (Å²) in [6, 6.07) is 17.2. The van der Waals surface area contributed by atoms with E-state index in [1.54, 1.807) is 24.3 Å². The molecule has 0 aromatic heterocycles. The Balaban J connectivity index is 0.840. The summed E-state index contributed by atoms with van der Waals surface area (Å²) in [4.78, 5) is 56.8. The second kappa shape index (κ2) is 16.7. The zero-order valence-electron chi connectivity index (χ0n) is 33.7. The van der Waals surface area contributed by atoms with Crippen LogP contribution in [0.2, 0.25) is 5.02 Å². The van der Waals surface area contributed by atoms with E-state index in [4.69, 9.17) is 16.3 Å². The van der Waals surface area contributed by atoms with Crippen LogP contribution >= 0.6 is 11.6 Å². The van der Waals surface area contributed by atoms with Crippen molar-refractivity contribution in [2.24, 2.45) is 10.8 Å². The summed E-state index contributed by atoms with van der Waals surface area (Å²) < 4.78 is 21.8. The average Bonchev–Trinajstić information content (AvgIpc) is 3.51. The highest BCUT2D eigenvalue weighted by molar-refractivity contribution is 6.31. The van der Waals surface area contributed by atoms with Crippen molar-refractivity contribution in [3.63, 3.8) is 0 Å². The first-order valence-corrected chi connectivity index (χ1v) is 20.8. The van der Waals surface area contributed by atoms with E-state index in [1.165, 1.54) is 11.0 Å². The fourth-order valence-electron chi connectivity index (χ4n) is 9.80. The Morgan fingerprint density at radius 2 is 1.71 bits per heavy atom. The Labute approximate surface area is 344 Å². The lowest BCUT2D eigenvalue weighted by Gasteiger charge is -2.63. The number of piperidine rings is 1. The highest BCUT2D eigenvalue weighted by Crippen LogP contribution is 2.55. The highest BCUT2D eigenvalue weighted by atomic mass is 35.5. The maximum absolute atomic E-state index is 15.4. The Morgan fingerprint density at radius 1 is 0.983 bits per heavy atom. The fourth-order valence-corrected chi connectivity index (χ4v) is 10.0. The zero-order chi connectivity index (χ0) is 41.4. The van der Waals surface area contributed by atoms with Crippen molar-refractivity contribution in [1.82, 2.24) is 20.4 Å². The van der Waals surface area contributed by atoms with E-state index in [0.29, 0.717) is 46.2 Å². The van der Waals surface area contributed by atoms with Crippen LogP contribution in [0, 0.1) is 28.0 Å². The van der Waals surface area contributed by atoms with Gasteiger partial charge in [0.2, 0.25) is 11.8 Å². The lowest BCUT2D eigenvalue weighted by atomic mass is 9.49. The second-order valence-electron chi connectivity index (χ2n) is 17.3. The number of benzene rings is 3. The molecular weight excluding hydrogens is 759 g/mol. The summed E-state index contributed by atoms with van der Waals surface area (Å²) in [6.45, 7) is 12.6. The van der Waals surface area contributed by atoms with Crippen LogP contribution in [-0.2, 0) is 22.6 Å². The summed E-state index contributed by atoms with van der Waals surface area (Å²) in [5.41, 5.74) is 2.89. The van der Waals surface area contributed by atoms with Gasteiger partial charge in [0.1, 0.15) is 29.8 Å². The minimum atomic E-state index is -0.729. The molecule has 3 aromatic rings. The number of nitriles is 1. The lowest BCUT2D eigenvalue weighted by Crippen LogP contribution is -2.74. The number of halogens is 2. The van der Waals surface area contributed by atoms with Gasteiger partial charge in [-0.3, -0.25) is 29.4 Å². The van der Waals surface area contributed by atoms with Crippen LogP contribution in [0.4, 0.5) is 10.1 Å². The minimum Gasteiger partial charge on any atom is -0.489 e. The normalized spacial score (nSPS) is 22.5. The summed E-state index contributed by atoms with van der Waals surface area (Å²) in [6.07, 6.45) is 5.22. The van der Waals surface area contributed by atoms with Gasteiger partial charge in [0.15, 0.2) is 0 Å². The van der Waals surface area contributed by atoms with Gasteiger partial charge in [-0.1, -0.05) is 70.3 Å². The second-order valence-corrected chi connectivity index (χ2v) is 17.7. The first kappa shape index (κ1) is 41.2. The molecule has 3 heterocycles. The van der Waals surface area contributed by atoms with Gasteiger partial charge in [0.25, 0.3) is 11.8 Å². The number of amides is 4. The number of fused-ring (bicyclic) bond motifs is 1. The molecule has 2 saturated heterocycles. The first-order chi connectivity index (χ1) is 27.7. The molecule has 3 aromatic carbocycles. The number of carbonyl (C=O) groups is 4. The molecule has 11 nitrogen and oxygen atoms in total. The number of aryl methyl sites for hydroxylation is 1. The molecule has 2 N–H and O–H groups in total. The molecule has 4 amide bonds. The van der Waals surface area contributed by atoms with Gasteiger partial charge in [0.05, 0.1) is 16.3 Å². The van der Waals surface area contributed by atoms with Crippen molar-refractivity contribution in [2.75, 3.05) is 37.6 Å². The zero-order valence-corrected chi connectivity index (χ0v) is 34.5. The predicted molar refractivity (Wildman–Crippen MR) is 219 cm³/mol. The standard InChI is InChI=1S/C45H52ClFN6O5/c1-44(2)42(45(3,4)43(44)58-31-15-14-29(26-48)34(46)24-31)50-39(55)32-13-9-8-12-28(32)11-7-5-6-10-18-51-19-21-52(22-20-51)37-23-30-27-53(41(57)33(30)25-35(37)47)36-16-17-38(54)49-40(36)56/h8-9,12-15,23-25,36,42-43H,5-7,10-11,16-22,27H2,1-4H3,(H,50,55)(H,49,54,56). The molecule has 1 atom stereocenters. The van der Waals surface area contributed by atoms with E-state index in [9.17, 15) is 24.4 Å². The van der Waals surface area contributed by atoms with E-state index < -0.39 is 17.8 Å². The van der Waals surface area contributed by atoms with Crippen LogP contribution in [-0.4, -0.2) is 84.3 Å². The fraction of sp³-hybridized carbons (Fsp3) is 0.489. The Bertz CT molecular complexity index is 2130. The number of ether oxygens (including phenoxy) is 1. The van der Waals surface area contributed by atoms with E-state index >= 15 is 4.39 Å². The van der Waals surface area contributed by atoms with Gasteiger partial charge in [-0.25, -0.2) is 4.39 Å². The van der Waals surface area contributed by atoms with Gasteiger partial charge in [-0.05, 0) is 73.7 Å². The van der Waals surface area contributed by atoms with Crippen LogP contribution in [0.3, 0.4) is 0 Å². The minimum absolute atomic E-state index is 0.0804. The molecule has 7 rings (SSSR count). The summed E-state index contributed by atoms with van der Waals surface area (Å²) in [5, 5.41) is 15.2. The molecule has 306 valence electrons. The van der Waals surface area contributed by atoms with Crippen molar-refractivity contribution in [3.05, 3.63) is 93.3 Å². The molecule has 3 aliphatic heterocycles. The van der Waals surface area contributed by atoms with Crippen LogP contribution in [0.25, 0.3) is 0 Å². The number of hydrogen-bond acceptors (Lipinski definition) is 8. The third-order valence-corrected chi connectivity index (χ3v) is 13.0. The lowest BCUT2D eigenvalue weighted by molar-refractivity contribution is -0.164. The van der Waals surface area contributed by atoms with Crippen LogP contribution < -0.4 is 20.3 Å². The smallest absolute Gasteiger partial charge is 0.255 e. The van der Waals surface area contributed by atoms with E-state index in [-0.39, 0.29) is 65.6 Å². The topological polar surface area (TPSA) is 135 Å². The van der Waals surface area contributed by atoms with E-state index in [1.807, 2.05) is 29.2 Å². The monoisotopic (exact) mass is 810 g/mol. The Morgan fingerprint density at radius 3 is 2.41 bits per heavy atom. The van der Waals surface area contributed by atoms with E-state index in [2.05, 4.69) is 49.3 Å². The third kappa shape index (κ3) is 8.16. The number of unbranched alkanes of at least 4 members (excludes halogenated alkanes) is 3. The van der Waals surface area contributed by atoms with Crippen molar-refractivity contribution in [3.8, 4) is 11.8 Å². The molecule has 1 unspecified atom stereocenters. The molecule has 0 bridgehead atoms. The molecular formula is C45H52ClFN6O5. The number of carbonyl (C=O) groups excluding carboxylic acids is 4. The van der Waals surface area contributed by atoms with Gasteiger partial charge in [0, 0.05) is 73.2 Å². The highest BCUT2D eigenvalue weighted by Gasteiger charge is 2.64. The number of rotatable bonds is 13.